The summed E-state index contributed by atoms with van der Waals surface area (Å²) < 4.78 is 0. The van der Waals surface area contributed by atoms with Gasteiger partial charge < -0.3 is 14.7 Å². The molecule has 0 spiro atoms. The second kappa shape index (κ2) is 22.6. The van der Waals surface area contributed by atoms with E-state index in [2.05, 4.69) is 233 Å². The molecule has 0 bridgehead atoms. The van der Waals surface area contributed by atoms with Crippen molar-refractivity contribution in [1.29, 1.82) is 0 Å². The van der Waals surface area contributed by atoms with Crippen molar-refractivity contribution in [3.8, 4) is 0 Å². The Bertz CT molecular complexity index is 1670. The van der Waals surface area contributed by atoms with Gasteiger partial charge in [-0.3, -0.25) is 14.7 Å². The number of nitrogens with zero attached hydrogens (tertiary/aromatic N) is 6. The first-order valence-corrected chi connectivity index (χ1v) is 22.1. The molecule has 3 saturated heterocycles. The fraction of sp³-hybridized carbons (Fsp3) is 0.333. The summed E-state index contributed by atoms with van der Waals surface area (Å²) >= 11 is 0. The van der Waals surface area contributed by atoms with Gasteiger partial charge in [0.25, 0.3) is 0 Å². The summed E-state index contributed by atoms with van der Waals surface area (Å²) in [6, 6.07) is 66.3. The zero-order valence-corrected chi connectivity index (χ0v) is 36.2. The Morgan fingerprint density at radius 1 is 0.233 bits per heavy atom. The predicted octanol–water partition coefficient (Wildman–Crippen LogP) is 9.07. The molecule has 3 fully saturated rings. The normalized spacial score (nSPS) is 17.5. The molecule has 3 aliphatic rings. The van der Waals surface area contributed by atoms with Gasteiger partial charge in [-0.05, 0) is 54.5 Å². The van der Waals surface area contributed by atoms with Gasteiger partial charge in [0.1, 0.15) is 0 Å². The van der Waals surface area contributed by atoms with E-state index >= 15 is 0 Å². The molecule has 3 aliphatic heterocycles. The van der Waals surface area contributed by atoms with Crippen molar-refractivity contribution in [2.24, 2.45) is 0 Å². The van der Waals surface area contributed by atoms with Crippen LogP contribution in [0, 0.1) is 0 Å². The van der Waals surface area contributed by atoms with Crippen molar-refractivity contribution in [3.05, 3.63) is 215 Å². The highest BCUT2D eigenvalue weighted by molar-refractivity contribution is 5.34. The molecule has 0 aliphatic carbocycles. The van der Waals surface area contributed by atoms with Gasteiger partial charge in [0.2, 0.25) is 0 Å². The fourth-order valence-corrected chi connectivity index (χ4v) is 8.89. The average molecular weight is 799 g/mol. The van der Waals surface area contributed by atoms with Gasteiger partial charge in [0.05, 0.1) is 18.1 Å². The number of likely N-dealkylation sites (N-methyl/N-ethyl adjacent to an activating group) is 3. The molecule has 0 saturated carbocycles. The third kappa shape index (κ3) is 12.1. The van der Waals surface area contributed by atoms with Crippen LogP contribution in [0.15, 0.2) is 182 Å². The molecule has 0 amide bonds. The quantitative estimate of drug-likeness (QED) is 0.145. The van der Waals surface area contributed by atoms with Gasteiger partial charge in [-0.2, -0.15) is 0 Å². The summed E-state index contributed by atoms with van der Waals surface area (Å²) in [5.74, 6) is 0. The van der Waals surface area contributed by atoms with E-state index in [0.29, 0.717) is 18.1 Å². The molecule has 6 aromatic rings. The second-order valence-corrected chi connectivity index (χ2v) is 16.7. The van der Waals surface area contributed by atoms with Gasteiger partial charge >= 0.3 is 0 Å². The topological polar surface area (TPSA) is 19.4 Å². The van der Waals surface area contributed by atoms with Gasteiger partial charge in [-0.15, -0.1) is 0 Å². The minimum absolute atomic E-state index is 0.381. The van der Waals surface area contributed by atoms with Crippen LogP contribution in [-0.2, 0) is 0 Å². The van der Waals surface area contributed by atoms with E-state index in [-0.39, 0.29) is 0 Å². The molecule has 0 radical (unpaired) electrons. The minimum atomic E-state index is 0.381. The average Bonchev–Trinajstić information content (AvgIpc) is 3.31. The van der Waals surface area contributed by atoms with E-state index in [1.54, 1.807) is 0 Å². The van der Waals surface area contributed by atoms with Gasteiger partial charge in [-0.25, -0.2) is 0 Å². The molecular weight excluding hydrogens is 733 g/mol. The lowest BCUT2D eigenvalue weighted by molar-refractivity contribution is 0.127. The van der Waals surface area contributed by atoms with E-state index in [0.717, 1.165) is 78.5 Å². The molecule has 0 atom stereocenters. The van der Waals surface area contributed by atoms with Crippen LogP contribution in [-0.4, -0.2) is 129 Å². The standard InChI is InChI=1S/3C18H22N2/c3*1-19-12-14-20(15-13-19)18(16-8-4-2-5-9-16)17-10-6-3-7-11-17/h3*2-11,18H,12-15H2,1H3. The smallest absolute Gasteiger partial charge is 0.0602 e. The van der Waals surface area contributed by atoms with Crippen LogP contribution in [0.5, 0.6) is 0 Å². The van der Waals surface area contributed by atoms with Crippen LogP contribution >= 0.6 is 0 Å². The molecule has 6 nitrogen and oxygen atoms in total. The van der Waals surface area contributed by atoms with E-state index in [4.69, 9.17) is 0 Å². The number of benzene rings is 6. The van der Waals surface area contributed by atoms with Crippen molar-refractivity contribution in [1.82, 2.24) is 29.4 Å². The lowest BCUT2D eigenvalue weighted by Crippen LogP contribution is -2.46. The second-order valence-electron chi connectivity index (χ2n) is 16.7. The Labute approximate surface area is 361 Å². The molecule has 0 unspecified atom stereocenters. The van der Waals surface area contributed by atoms with Crippen molar-refractivity contribution >= 4 is 0 Å². The Morgan fingerprint density at radius 3 is 0.533 bits per heavy atom. The lowest BCUT2D eigenvalue weighted by Gasteiger charge is -2.38. The van der Waals surface area contributed by atoms with Gasteiger partial charge in [0.15, 0.2) is 0 Å². The number of piperazine rings is 3. The Kier molecular flexibility index (Phi) is 16.3. The maximum absolute atomic E-state index is 2.60. The largest absolute Gasteiger partial charge is 0.304 e. The zero-order valence-electron chi connectivity index (χ0n) is 36.2. The summed E-state index contributed by atoms with van der Waals surface area (Å²) in [6.07, 6.45) is 0. The third-order valence-corrected chi connectivity index (χ3v) is 12.4. The molecule has 0 N–H and O–H groups in total. The Morgan fingerprint density at radius 2 is 0.383 bits per heavy atom. The van der Waals surface area contributed by atoms with Crippen molar-refractivity contribution in [2.75, 3.05) is 99.7 Å². The van der Waals surface area contributed by atoms with E-state index in [9.17, 15) is 0 Å². The zero-order chi connectivity index (χ0) is 41.4. The van der Waals surface area contributed by atoms with Crippen LogP contribution < -0.4 is 0 Å². The van der Waals surface area contributed by atoms with Crippen LogP contribution in [0.2, 0.25) is 0 Å². The maximum Gasteiger partial charge on any atom is 0.0602 e. The van der Waals surface area contributed by atoms with Crippen LogP contribution in [0.1, 0.15) is 51.5 Å². The van der Waals surface area contributed by atoms with Crippen molar-refractivity contribution in [2.45, 2.75) is 18.1 Å². The van der Waals surface area contributed by atoms with Crippen LogP contribution in [0.25, 0.3) is 0 Å². The maximum atomic E-state index is 2.60. The van der Waals surface area contributed by atoms with Crippen molar-refractivity contribution in [3.63, 3.8) is 0 Å². The van der Waals surface area contributed by atoms with Crippen molar-refractivity contribution < 1.29 is 0 Å². The highest BCUT2D eigenvalue weighted by atomic mass is 15.3. The number of rotatable bonds is 9. The summed E-state index contributed by atoms with van der Waals surface area (Å²) in [4.78, 5) is 15.0. The van der Waals surface area contributed by atoms with E-state index in [1.807, 2.05) is 0 Å². The summed E-state index contributed by atoms with van der Waals surface area (Å²) in [7, 11) is 6.62. The first-order chi connectivity index (χ1) is 29.5. The third-order valence-electron chi connectivity index (χ3n) is 12.4. The molecule has 312 valence electrons. The molecule has 6 aromatic carbocycles. The molecular formula is C54H66N6. The van der Waals surface area contributed by atoms with Gasteiger partial charge in [0, 0.05) is 78.5 Å². The predicted molar refractivity (Wildman–Crippen MR) is 251 cm³/mol. The van der Waals surface area contributed by atoms with Gasteiger partial charge in [-0.1, -0.05) is 182 Å². The SMILES string of the molecule is CN1CCN(C(c2ccccc2)c2ccccc2)CC1.CN1CCN(C(c2ccccc2)c2ccccc2)CC1.CN1CCN(C(c2ccccc2)c2ccccc2)CC1. The summed E-state index contributed by atoms with van der Waals surface area (Å²) in [5, 5.41) is 0. The number of hydrogen-bond acceptors (Lipinski definition) is 6. The first kappa shape index (κ1) is 43.2. The molecule has 6 heteroatoms. The fourth-order valence-electron chi connectivity index (χ4n) is 8.89. The Balaban J connectivity index is 0.000000136. The molecule has 3 heterocycles. The monoisotopic (exact) mass is 799 g/mol. The first-order valence-electron chi connectivity index (χ1n) is 22.1. The minimum Gasteiger partial charge on any atom is -0.304 e. The lowest BCUT2D eigenvalue weighted by atomic mass is 9.96. The molecule has 60 heavy (non-hydrogen) atoms. The summed E-state index contributed by atoms with van der Waals surface area (Å²) in [6.45, 7) is 13.7. The number of hydrogen-bond donors (Lipinski definition) is 0. The van der Waals surface area contributed by atoms with Crippen LogP contribution in [0.3, 0.4) is 0 Å². The summed E-state index contributed by atoms with van der Waals surface area (Å²) in [5.41, 5.74) is 8.35. The highest BCUT2D eigenvalue weighted by Crippen LogP contribution is 2.31. The Hall–Kier alpha value is -4.92. The van der Waals surface area contributed by atoms with E-state index in [1.165, 1.54) is 33.4 Å². The van der Waals surface area contributed by atoms with Crippen LogP contribution in [0.4, 0.5) is 0 Å². The van der Waals surface area contributed by atoms with E-state index < -0.39 is 0 Å². The highest BCUT2D eigenvalue weighted by Gasteiger charge is 2.27. The molecule has 9 rings (SSSR count). The molecule has 0 aromatic heterocycles.